The van der Waals surface area contributed by atoms with E-state index in [9.17, 15) is 0 Å². The Bertz CT molecular complexity index is 169. The first-order valence-corrected chi connectivity index (χ1v) is 6.75. The van der Waals surface area contributed by atoms with Crippen molar-refractivity contribution < 1.29 is 4.74 Å². The summed E-state index contributed by atoms with van der Waals surface area (Å²) in [6.07, 6.45) is 3.90. The van der Waals surface area contributed by atoms with Crippen molar-refractivity contribution in [1.82, 2.24) is 10.2 Å². The molecule has 0 amide bonds. The molecule has 0 bridgehead atoms. The van der Waals surface area contributed by atoms with Crippen LogP contribution in [0, 0.1) is 5.92 Å². The van der Waals surface area contributed by atoms with Crippen LogP contribution in [0.1, 0.15) is 33.1 Å². The Kier molecular flexibility index (Phi) is 7.01. The zero-order valence-corrected chi connectivity index (χ0v) is 11.2. The van der Waals surface area contributed by atoms with E-state index < -0.39 is 0 Å². The average Bonchev–Trinajstić information content (AvgIpc) is 2.35. The Balaban J connectivity index is 2.38. The van der Waals surface area contributed by atoms with Crippen LogP contribution in [0.3, 0.4) is 0 Å². The molecule has 3 nitrogen and oxygen atoms in total. The number of methoxy groups -OCH3 is 1. The van der Waals surface area contributed by atoms with E-state index in [1.165, 1.54) is 38.9 Å². The van der Waals surface area contributed by atoms with Gasteiger partial charge < -0.3 is 10.1 Å². The van der Waals surface area contributed by atoms with Gasteiger partial charge in [0.05, 0.1) is 6.61 Å². The number of hydrogen-bond donors (Lipinski definition) is 1. The van der Waals surface area contributed by atoms with Crippen molar-refractivity contribution in [2.45, 2.75) is 39.2 Å². The van der Waals surface area contributed by atoms with Gasteiger partial charge in [-0.05, 0) is 44.8 Å². The fraction of sp³-hybridized carbons (Fsp3) is 1.00. The van der Waals surface area contributed by atoms with Crippen molar-refractivity contribution in [3.63, 3.8) is 0 Å². The lowest BCUT2D eigenvalue weighted by atomic mass is 9.98. The highest BCUT2D eigenvalue weighted by molar-refractivity contribution is 4.76. The largest absolute Gasteiger partial charge is 0.383 e. The van der Waals surface area contributed by atoms with E-state index in [4.69, 9.17) is 4.74 Å². The molecule has 0 aromatic carbocycles. The van der Waals surface area contributed by atoms with Crippen LogP contribution in [0.4, 0.5) is 0 Å². The Labute approximate surface area is 101 Å². The molecule has 0 aromatic rings. The number of rotatable bonds is 7. The smallest absolute Gasteiger partial charge is 0.0617 e. The summed E-state index contributed by atoms with van der Waals surface area (Å²) in [6, 6.07) is 0.594. The molecule has 96 valence electrons. The minimum Gasteiger partial charge on any atom is -0.383 e. The molecule has 16 heavy (non-hydrogen) atoms. The fourth-order valence-corrected chi connectivity index (χ4v) is 2.62. The Hall–Kier alpha value is -0.120. The number of nitrogens with one attached hydrogen (secondary N) is 1. The van der Waals surface area contributed by atoms with Crippen LogP contribution in [0.15, 0.2) is 0 Å². The van der Waals surface area contributed by atoms with E-state index >= 15 is 0 Å². The highest BCUT2D eigenvalue weighted by Crippen LogP contribution is 2.14. The normalized spacial score (nSPS) is 23.6. The van der Waals surface area contributed by atoms with Gasteiger partial charge in [0.2, 0.25) is 0 Å². The van der Waals surface area contributed by atoms with E-state index in [2.05, 4.69) is 24.1 Å². The first-order valence-electron chi connectivity index (χ1n) is 6.75. The molecule has 0 radical (unpaired) electrons. The van der Waals surface area contributed by atoms with Crippen LogP contribution in [-0.4, -0.2) is 50.8 Å². The summed E-state index contributed by atoms with van der Waals surface area (Å²) in [5.41, 5.74) is 0. The molecule has 0 saturated carbocycles. The highest BCUT2D eigenvalue weighted by Gasteiger charge is 2.20. The van der Waals surface area contributed by atoms with Crippen LogP contribution in [0.2, 0.25) is 0 Å². The molecule has 2 atom stereocenters. The predicted octanol–water partition coefficient (Wildman–Crippen LogP) is 1.73. The lowest BCUT2D eigenvalue weighted by Gasteiger charge is -2.34. The molecule has 0 spiro atoms. The van der Waals surface area contributed by atoms with Crippen molar-refractivity contribution in [3.05, 3.63) is 0 Å². The molecule has 1 saturated heterocycles. The topological polar surface area (TPSA) is 24.5 Å². The zero-order chi connectivity index (χ0) is 11.8. The first-order chi connectivity index (χ1) is 7.81. The summed E-state index contributed by atoms with van der Waals surface area (Å²) in [7, 11) is 1.80. The molecular weight excluding hydrogens is 200 g/mol. The first kappa shape index (κ1) is 13.9. The van der Waals surface area contributed by atoms with E-state index in [0.29, 0.717) is 6.04 Å². The van der Waals surface area contributed by atoms with Gasteiger partial charge in [-0.15, -0.1) is 0 Å². The van der Waals surface area contributed by atoms with Gasteiger partial charge in [0, 0.05) is 19.7 Å². The maximum atomic E-state index is 5.31. The van der Waals surface area contributed by atoms with Gasteiger partial charge in [-0.3, -0.25) is 4.90 Å². The van der Waals surface area contributed by atoms with Crippen molar-refractivity contribution >= 4 is 0 Å². The zero-order valence-electron chi connectivity index (χ0n) is 11.2. The molecule has 0 aliphatic carbocycles. The summed E-state index contributed by atoms with van der Waals surface area (Å²) in [6.45, 7) is 10.1. The van der Waals surface area contributed by atoms with Crippen molar-refractivity contribution in [2.75, 3.05) is 39.9 Å². The number of hydrogen-bond acceptors (Lipinski definition) is 3. The minimum atomic E-state index is 0.594. The molecule has 0 aromatic heterocycles. The lowest BCUT2D eigenvalue weighted by Crippen LogP contribution is -2.44. The molecule has 1 aliphatic rings. The highest BCUT2D eigenvalue weighted by atomic mass is 16.5. The third-order valence-corrected chi connectivity index (χ3v) is 3.64. The number of piperidine rings is 1. The maximum absolute atomic E-state index is 5.31. The summed E-state index contributed by atoms with van der Waals surface area (Å²) >= 11 is 0. The van der Waals surface area contributed by atoms with Gasteiger partial charge in [0.25, 0.3) is 0 Å². The lowest BCUT2D eigenvalue weighted by molar-refractivity contribution is 0.0766. The van der Waals surface area contributed by atoms with Gasteiger partial charge in [-0.25, -0.2) is 0 Å². The fourth-order valence-electron chi connectivity index (χ4n) is 2.62. The summed E-state index contributed by atoms with van der Waals surface area (Å²) in [5.74, 6) is 0.833. The molecular formula is C13H28N2O. The quantitative estimate of drug-likeness (QED) is 0.718. The second-order valence-corrected chi connectivity index (χ2v) is 4.82. The second-order valence-electron chi connectivity index (χ2n) is 4.82. The third-order valence-electron chi connectivity index (χ3n) is 3.64. The SMILES string of the molecule is CCC(COC)N(CC)CC1CCCNC1. The molecule has 1 heterocycles. The van der Waals surface area contributed by atoms with E-state index in [1.54, 1.807) is 7.11 Å². The molecule has 3 heteroatoms. The van der Waals surface area contributed by atoms with Crippen LogP contribution >= 0.6 is 0 Å². The van der Waals surface area contributed by atoms with Gasteiger partial charge in [-0.1, -0.05) is 13.8 Å². The van der Waals surface area contributed by atoms with Gasteiger partial charge >= 0.3 is 0 Å². The summed E-state index contributed by atoms with van der Waals surface area (Å²) in [5, 5.41) is 3.50. The van der Waals surface area contributed by atoms with Gasteiger partial charge in [0.1, 0.15) is 0 Å². The third kappa shape index (κ3) is 4.40. The van der Waals surface area contributed by atoms with E-state index in [-0.39, 0.29) is 0 Å². The summed E-state index contributed by atoms with van der Waals surface area (Å²) < 4.78 is 5.31. The molecule has 1 rings (SSSR count). The van der Waals surface area contributed by atoms with Crippen molar-refractivity contribution in [3.8, 4) is 0 Å². The van der Waals surface area contributed by atoms with Crippen molar-refractivity contribution in [1.29, 1.82) is 0 Å². The monoisotopic (exact) mass is 228 g/mol. The average molecular weight is 228 g/mol. The molecule has 1 fully saturated rings. The van der Waals surface area contributed by atoms with Crippen LogP contribution < -0.4 is 5.32 Å². The molecule has 2 unspecified atom stereocenters. The second kappa shape index (κ2) is 8.04. The van der Waals surface area contributed by atoms with Crippen LogP contribution in [0.25, 0.3) is 0 Å². The molecule has 1 N–H and O–H groups in total. The van der Waals surface area contributed by atoms with Crippen LogP contribution in [0.5, 0.6) is 0 Å². The number of ether oxygens (including phenoxy) is 1. The predicted molar refractivity (Wildman–Crippen MR) is 68.8 cm³/mol. The van der Waals surface area contributed by atoms with E-state index in [0.717, 1.165) is 19.1 Å². The molecule has 1 aliphatic heterocycles. The Morgan fingerprint density at radius 2 is 2.25 bits per heavy atom. The summed E-state index contributed by atoms with van der Waals surface area (Å²) in [4.78, 5) is 2.58. The van der Waals surface area contributed by atoms with Gasteiger partial charge in [-0.2, -0.15) is 0 Å². The number of nitrogens with zero attached hydrogens (tertiary/aromatic N) is 1. The van der Waals surface area contributed by atoms with Gasteiger partial charge in [0.15, 0.2) is 0 Å². The standard InChI is InChI=1S/C13H28N2O/c1-4-13(11-16-3)15(5-2)10-12-7-6-8-14-9-12/h12-14H,4-11H2,1-3H3. The number of likely N-dealkylation sites (N-methyl/N-ethyl adjacent to an activating group) is 1. The maximum Gasteiger partial charge on any atom is 0.0617 e. The van der Waals surface area contributed by atoms with E-state index in [1.807, 2.05) is 0 Å². The Morgan fingerprint density at radius 3 is 2.75 bits per heavy atom. The van der Waals surface area contributed by atoms with Crippen molar-refractivity contribution in [2.24, 2.45) is 5.92 Å². The van der Waals surface area contributed by atoms with Crippen LogP contribution in [-0.2, 0) is 4.74 Å². The Morgan fingerprint density at radius 1 is 1.44 bits per heavy atom. The minimum absolute atomic E-state index is 0.594.